The van der Waals surface area contributed by atoms with Gasteiger partial charge in [-0.05, 0) is 29.8 Å². The van der Waals surface area contributed by atoms with Crippen molar-refractivity contribution in [3.63, 3.8) is 0 Å². The Morgan fingerprint density at radius 3 is 2.50 bits per heavy atom. The van der Waals surface area contributed by atoms with Gasteiger partial charge >= 0.3 is 5.97 Å². The third kappa shape index (κ3) is 3.43. The average molecular weight is 324 g/mol. The Balaban J connectivity index is 1.59. The summed E-state index contributed by atoms with van der Waals surface area (Å²) >= 11 is 0. The minimum atomic E-state index is -0.666. The van der Waals surface area contributed by atoms with Crippen LogP contribution in [0, 0.1) is 0 Å². The number of rotatable bonds is 4. The van der Waals surface area contributed by atoms with E-state index in [1.165, 1.54) is 7.11 Å². The summed E-state index contributed by atoms with van der Waals surface area (Å²) in [5.41, 5.74) is 2.68. The van der Waals surface area contributed by atoms with E-state index >= 15 is 0 Å². The molecule has 0 radical (unpaired) electrons. The molecule has 2 aromatic carbocycles. The van der Waals surface area contributed by atoms with Crippen LogP contribution in [0.5, 0.6) is 0 Å². The smallest absolute Gasteiger partial charge is 0.337 e. The molecule has 1 N–H and O–H groups in total. The fraction of sp³-hybridized carbons (Fsp3) is 0.167. The van der Waals surface area contributed by atoms with Crippen LogP contribution in [0.4, 0.5) is 5.69 Å². The number of oxime groups is 1. The fourth-order valence-corrected chi connectivity index (χ4v) is 2.35. The summed E-state index contributed by atoms with van der Waals surface area (Å²) in [7, 11) is 1.32. The second kappa shape index (κ2) is 6.95. The van der Waals surface area contributed by atoms with Gasteiger partial charge in [0.2, 0.25) is 6.10 Å². The molecule has 0 saturated heterocycles. The number of amides is 1. The van der Waals surface area contributed by atoms with Crippen molar-refractivity contribution < 1.29 is 19.2 Å². The van der Waals surface area contributed by atoms with Gasteiger partial charge in [-0.25, -0.2) is 4.79 Å². The van der Waals surface area contributed by atoms with Gasteiger partial charge in [-0.2, -0.15) is 0 Å². The lowest BCUT2D eigenvalue weighted by Gasteiger charge is -2.10. The van der Waals surface area contributed by atoms with Crippen molar-refractivity contribution in [1.29, 1.82) is 0 Å². The Morgan fingerprint density at radius 1 is 1.12 bits per heavy atom. The second-order valence-corrected chi connectivity index (χ2v) is 5.26. The molecular formula is C18H16N2O4. The molecule has 6 heteroatoms. The number of hydrogen-bond donors (Lipinski definition) is 1. The summed E-state index contributed by atoms with van der Waals surface area (Å²) in [4.78, 5) is 28.9. The molecule has 1 atom stereocenters. The third-order valence-electron chi connectivity index (χ3n) is 3.64. The molecule has 0 fully saturated rings. The Bertz CT molecular complexity index is 769. The van der Waals surface area contributed by atoms with E-state index in [1.54, 1.807) is 24.3 Å². The number of methoxy groups -OCH3 is 1. The normalized spacial score (nSPS) is 16.0. The SMILES string of the molecule is COC(=O)c1ccc(NC(=O)[C@H]2CC(c3ccccc3)=NO2)cc1. The molecule has 0 aliphatic carbocycles. The van der Waals surface area contributed by atoms with Crippen LogP contribution in [0.15, 0.2) is 59.8 Å². The highest BCUT2D eigenvalue weighted by Gasteiger charge is 2.28. The fourth-order valence-electron chi connectivity index (χ4n) is 2.35. The number of carbonyl (C=O) groups is 2. The first-order valence-electron chi connectivity index (χ1n) is 7.45. The zero-order valence-corrected chi connectivity index (χ0v) is 13.1. The van der Waals surface area contributed by atoms with Gasteiger partial charge in [0.25, 0.3) is 5.91 Å². The number of nitrogens with zero attached hydrogens (tertiary/aromatic N) is 1. The lowest BCUT2D eigenvalue weighted by Crippen LogP contribution is -2.28. The molecule has 2 aromatic rings. The Labute approximate surface area is 139 Å². The molecule has 6 nitrogen and oxygen atoms in total. The van der Waals surface area contributed by atoms with Crippen molar-refractivity contribution >= 4 is 23.3 Å². The van der Waals surface area contributed by atoms with E-state index in [1.807, 2.05) is 30.3 Å². The third-order valence-corrected chi connectivity index (χ3v) is 3.64. The van der Waals surface area contributed by atoms with E-state index in [-0.39, 0.29) is 5.91 Å². The van der Waals surface area contributed by atoms with Gasteiger partial charge in [-0.3, -0.25) is 4.79 Å². The molecule has 0 unspecified atom stereocenters. The highest BCUT2D eigenvalue weighted by molar-refractivity contribution is 6.06. The first kappa shape index (κ1) is 15.7. The molecule has 1 heterocycles. The van der Waals surface area contributed by atoms with Crippen LogP contribution in [-0.2, 0) is 14.4 Å². The van der Waals surface area contributed by atoms with Crippen LogP contribution in [0.2, 0.25) is 0 Å². The largest absolute Gasteiger partial charge is 0.465 e. The topological polar surface area (TPSA) is 77.0 Å². The highest BCUT2D eigenvalue weighted by Crippen LogP contribution is 2.18. The van der Waals surface area contributed by atoms with Crippen molar-refractivity contribution in [3.05, 3.63) is 65.7 Å². The lowest BCUT2D eigenvalue weighted by atomic mass is 10.0. The highest BCUT2D eigenvalue weighted by atomic mass is 16.6. The standard InChI is InChI=1S/C18H16N2O4/c1-23-18(22)13-7-9-14(10-8-13)19-17(21)16-11-15(20-24-16)12-5-3-2-4-6-12/h2-10,16H,11H2,1H3,(H,19,21)/t16-/m1/s1. The second-order valence-electron chi connectivity index (χ2n) is 5.26. The van der Waals surface area contributed by atoms with Crippen LogP contribution in [0.1, 0.15) is 22.3 Å². The van der Waals surface area contributed by atoms with Crippen LogP contribution < -0.4 is 5.32 Å². The summed E-state index contributed by atoms with van der Waals surface area (Å²) < 4.78 is 4.63. The Hall–Kier alpha value is -3.15. The van der Waals surface area contributed by atoms with Crippen LogP contribution in [-0.4, -0.2) is 30.8 Å². The molecule has 3 rings (SSSR count). The number of ether oxygens (including phenoxy) is 1. The number of anilines is 1. The van der Waals surface area contributed by atoms with E-state index in [4.69, 9.17) is 4.84 Å². The van der Waals surface area contributed by atoms with E-state index in [9.17, 15) is 9.59 Å². The van der Waals surface area contributed by atoms with E-state index < -0.39 is 12.1 Å². The summed E-state index contributed by atoms with van der Waals surface area (Å²) in [6.07, 6.45) is -0.253. The van der Waals surface area contributed by atoms with Gasteiger partial charge in [-0.1, -0.05) is 35.5 Å². The maximum Gasteiger partial charge on any atom is 0.337 e. The lowest BCUT2D eigenvalue weighted by molar-refractivity contribution is -0.125. The Morgan fingerprint density at radius 2 is 1.83 bits per heavy atom. The molecular weight excluding hydrogens is 308 g/mol. The Kier molecular flexibility index (Phi) is 4.56. The number of esters is 1. The molecule has 0 aromatic heterocycles. The summed E-state index contributed by atoms with van der Waals surface area (Å²) in [6.45, 7) is 0. The predicted octanol–water partition coefficient (Wildman–Crippen LogP) is 2.60. The first-order valence-corrected chi connectivity index (χ1v) is 7.45. The molecule has 0 saturated carbocycles. The molecule has 0 spiro atoms. The maximum atomic E-state index is 12.3. The van der Waals surface area contributed by atoms with Gasteiger partial charge < -0.3 is 14.9 Å². The zero-order chi connectivity index (χ0) is 16.9. The van der Waals surface area contributed by atoms with Crippen molar-refractivity contribution in [2.45, 2.75) is 12.5 Å². The molecule has 24 heavy (non-hydrogen) atoms. The maximum absolute atomic E-state index is 12.3. The quantitative estimate of drug-likeness (QED) is 0.877. The van der Waals surface area contributed by atoms with Crippen molar-refractivity contribution in [2.24, 2.45) is 5.16 Å². The molecule has 0 bridgehead atoms. The average Bonchev–Trinajstić information content (AvgIpc) is 3.13. The molecule has 1 aliphatic rings. The monoisotopic (exact) mass is 324 g/mol. The number of hydrogen-bond acceptors (Lipinski definition) is 5. The van der Waals surface area contributed by atoms with Gasteiger partial charge in [-0.15, -0.1) is 0 Å². The summed E-state index contributed by atoms with van der Waals surface area (Å²) in [6, 6.07) is 16.0. The van der Waals surface area contributed by atoms with E-state index in [0.29, 0.717) is 17.7 Å². The minimum Gasteiger partial charge on any atom is -0.465 e. The summed E-state index contributed by atoms with van der Waals surface area (Å²) in [5.74, 6) is -0.705. The van der Waals surface area contributed by atoms with E-state index in [0.717, 1.165) is 11.3 Å². The van der Waals surface area contributed by atoms with Crippen LogP contribution in [0.3, 0.4) is 0 Å². The number of nitrogens with one attached hydrogen (secondary N) is 1. The first-order chi connectivity index (χ1) is 11.7. The van der Waals surface area contributed by atoms with Crippen molar-refractivity contribution in [3.8, 4) is 0 Å². The van der Waals surface area contributed by atoms with Gasteiger partial charge in [0, 0.05) is 12.1 Å². The molecule has 1 amide bonds. The van der Waals surface area contributed by atoms with Gasteiger partial charge in [0.05, 0.1) is 18.4 Å². The summed E-state index contributed by atoms with van der Waals surface area (Å²) in [5, 5.41) is 6.74. The van der Waals surface area contributed by atoms with E-state index in [2.05, 4.69) is 15.2 Å². The van der Waals surface area contributed by atoms with Crippen LogP contribution >= 0.6 is 0 Å². The molecule has 122 valence electrons. The van der Waals surface area contributed by atoms with Crippen molar-refractivity contribution in [1.82, 2.24) is 0 Å². The molecule has 1 aliphatic heterocycles. The number of carbonyl (C=O) groups excluding carboxylic acids is 2. The number of benzene rings is 2. The van der Waals surface area contributed by atoms with Crippen LogP contribution in [0.25, 0.3) is 0 Å². The zero-order valence-electron chi connectivity index (χ0n) is 13.1. The predicted molar refractivity (Wildman–Crippen MR) is 88.9 cm³/mol. The van der Waals surface area contributed by atoms with Crippen molar-refractivity contribution in [2.75, 3.05) is 12.4 Å². The van der Waals surface area contributed by atoms with Gasteiger partial charge in [0.1, 0.15) is 0 Å². The van der Waals surface area contributed by atoms with Gasteiger partial charge in [0.15, 0.2) is 0 Å². The minimum absolute atomic E-state index is 0.282.